The zero-order valence-corrected chi connectivity index (χ0v) is 13.0. The van der Waals surface area contributed by atoms with E-state index in [1.807, 2.05) is 36.4 Å². The van der Waals surface area contributed by atoms with Gasteiger partial charge in [0.15, 0.2) is 0 Å². The number of hydrogen-bond acceptors (Lipinski definition) is 2. The van der Waals surface area contributed by atoms with Crippen molar-refractivity contribution >= 4 is 61.9 Å². The fraction of sp³-hybridized carbons (Fsp3) is 0. The molecule has 0 unspecified atom stereocenters. The predicted molar refractivity (Wildman–Crippen MR) is 87.7 cm³/mol. The molecule has 0 spiro atoms. The molecule has 0 radical (unpaired) electrons. The summed E-state index contributed by atoms with van der Waals surface area (Å²) in [5.74, 6) is 0. The Morgan fingerprint density at radius 3 is 2.68 bits per heavy atom. The summed E-state index contributed by atoms with van der Waals surface area (Å²) in [7, 11) is 0. The Kier molecular flexibility index (Phi) is 3.69. The highest BCUT2D eigenvalue weighted by Gasteiger charge is 1.98. The Hall–Kier alpha value is -1.16. The molecule has 0 aliphatic heterocycles. The van der Waals surface area contributed by atoms with Crippen LogP contribution in [0.1, 0.15) is 10.6 Å². The number of benzene rings is 1. The summed E-state index contributed by atoms with van der Waals surface area (Å²) in [6, 6.07) is 13.9. The van der Waals surface area contributed by atoms with Crippen LogP contribution in [-0.2, 0) is 0 Å². The van der Waals surface area contributed by atoms with Crippen LogP contribution in [0.4, 0.5) is 0 Å². The Balaban J connectivity index is 1.94. The number of aromatic nitrogens is 1. The van der Waals surface area contributed by atoms with Crippen LogP contribution >= 0.6 is 38.9 Å². The summed E-state index contributed by atoms with van der Waals surface area (Å²) < 4.78 is 1.13. The van der Waals surface area contributed by atoms with Crippen LogP contribution in [0.5, 0.6) is 0 Å². The van der Waals surface area contributed by atoms with Crippen molar-refractivity contribution in [2.45, 2.75) is 0 Å². The first kappa shape index (κ1) is 12.9. The van der Waals surface area contributed by atoms with Crippen molar-refractivity contribution < 1.29 is 0 Å². The molecule has 1 aromatic carbocycles. The van der Waals surface area contributed by atoms with Gasteiger partial charge < -0.3 is 0 Å². The zero-order chi connectivity index (χ0) is 13.2. The van der Waals surface area contributed by atoms with Gasteiger partial charge in [-0.05, 0) is 58.4 Å². The average molecular weight is 351 g/mol. The molecule has 0 N–H and O–H groups in total. The molecule has 0 saturated heterocycles. The molecular formula is C15H9BrClNS. The number of nitrogens with zero attached hydrogens (tertiary/aromatic N) is 1. The van der Waals surface area contributed by atoms with E-state index in [0.29, 0.717) is 5.02 Å². The van der Waals surface area contributed by atoms with Crippen LogP contribution in [0.2, 0.25) is 5.02 Å². The maximum atomic E-state index is 5.99. The van der Waals surface area contributed by atoms with E-state index < -0.39 is 0 Å². The van der Waals surface area contributed by atoms with Crippen molar-refractivity contribution in [1.82, 2.24) is 4.98 Å². The molecule has 1 nitrogen and oxygen atoms in total. The lowest BCUT2D eigenvalue weighted by atomic mass is 10.2. The van der Waals surface area contributed by atoms with Crippen LogP contribution in [0.15, 0.2) is 46.3 Å². The Bertz CT molecular complexity index is 764. The lowest BCUT2D eigenvalue weighted by Crippen LogP contribution is -1.82. The summed E-state index contributed by atoms with van der Waals surface area (Å²) in [5, 5.41) is 1.81. The molecule has 0 atom stereocenters. The first-order valence-electron chi connectivity index (χ1n) is 5.70. The fourth-order valence-corrected chi connectivity index (χ4v) is 3.28. The molecule has 0 aliphatic rings. The smallest absolute Gasteiger partial charge is 0.0724 e. The number of thiophene rings is 1. The van der Waals surface area contributed by atoms with Gasteiger partial charge in [-0.3, -0.25) is 0 Å². The molecule has 2 aromatic heterocycles. The third-order valence-electron chi connectivity index (χ3n) is 2.69. The SMILES string of the molecule is Clc1ccc2ccc(/C=C/c3ccc(Br)s3)nc2c1. The minimum Gasteiger partial charge on any atom is -0.248 e. The molecule has 19 heavy (non-hydrogen) atoms. The average Bonchev–Trinajstić information content (AvgIpc) is 2.81. The van der Waals surface area contributed by atoms with Gasteiger partial charge in [0.1, 0.15) is 0 Å². The van der Waals surface area contributed by atoms with E-state index in [1.165, 1.54) is 4.88 Å². The monoisotopic (exact) mass is 349 g/mol. The molecule has 2 heterocycles. The predicted octanol–water partition coefficient (Wildman–Crippen LogP) is 5.88. The molecule has 0 aliphatic carbocycles. The van der Waals surface area contributed by atoms with Crippen molar-refractivity contribution in [2.75, 3.05) is 0 Å². The first-order chi connectivity index (χ1) is 9.20. The summed E-state index contributed by atoms with van der Waals surface area (Å²) in [4.78, 5) is 5.77. The highest BCUT2D eigenvalue weighted by atomic mass is 79.9. The van der Waals surface area contributed by atoms with E-state index in [4.69, 9.17) is 11.6 Å². The largest absolute Gasteiger partial charge is 0.248 e. The summed E-state index contributed by atoms with van der Waals surface area (Å²) in [6.07, 6.45) is 4.08. The molecule has 94 valence electrons. The van der Waals surface area contributed by atoms with E-state index in [9.17, 15) is 0 Å². The number of rotatable bonds is 2. The maximum absolute atomic E-state index is 5.99. The van der Waals surface area contributed by atoms with Gasteiger partial charge in [0.25, 0.3) is 0 Å². The van der Waals surface area contributed by atoms with E-state index in [1.54, 1.807) is 11.3 Å². The van der Waals surface area contributed by atoms with Gasteiger partial charge in [-0.25, -0.2) is 4.98 Å². The van der Waals surface area contributed by atoms with E-state index >= 15 is 0 Å². The molecule has 0 amide bonds. The van der Waals surface area contributed by atoms with Crippen LogP contribution in [0.25, 0.3) is 23.1 Å². The maximum Gasteiger partial charge on any atom is 0.0724 e. The second kappa shape index (κ2) is 5.45. The number of pyridine rings is 1. The van der Waals surface area contributed by atoms with Crippen molar-refractivity contribution in [1.29, 1.82) is 0 Å². The van der Waals surface area contributed by atoms with Gasteiger partial charge in [-0.2, -0.15) is 0 Å². The highest BCUT2D eigenvalue weighted by Crippen LogP contribution is 2.24. The minimum absolute atomic E-state index is 0.711. The molecule has 0 fully saturated rings. The topological polar surface area (TPSA) is 12.9 Å². The Morgan fingerprint density at radius 2 is 1.89 bits per heavy atom. The van der Waals surface area contributed by atoms with Crippen LogP contribution < -0.4 is 0 Å². The van der Waals surface area contributed by atoms with Crippen molar-refractivity contribution in [2.24, 2.45) is 0 Å². The molecule has 3 rings (SSSR count). The molecule has 0 bridgehead atoms. The highest BCUT2D eigenvalue weighted by molar-refractivity contribution is 9.11. The lowest BCUT2D eigenvalue weighted by Gasteiger charge is -1.99. The van der Waals surface area contributed by atoms with Crippen LogP contribution in [0.3, 0.4) is 0 Å². The quantitative estimate of drug-likeness (QED) is 0.562. The molecule has 4 heteroatoms. The third kappa shape index (κ3) is 3.06. The second-order valence-corrected chi connectivity index (χ2v) is 6.98. The zero-order valence-electron chi connectivity index (χ0n) is 9.81. The Labute approximate surface area is 128 Å². The standard InChI is InChI=1S/C15H9BrClNS/c16-15-8-7-13(19-15)6-5-12-4-2-10-1-3-11(17)9-14(10)18-12/h1-9H/b6-5+. The van der Waals surface area contributed by atoms with E-state index in [-0.39, 0.29) is 0 Å². The third-order valence-corrected chi connectivity index (χ3v) is 4.51. The number of halogens is 2. The molecule has 3 aromatic rings. The van der Waals surface area contributed by atoms with Crippen molar-refractivity contribution in [3.63, 3.8) is 0 Å². The first-order valence-corrected chi connectivity index (χ1v) is 7.69. The van der Waals surface area contributed by atoms with Gasteiger partial charge in [0.05, 0.1) is 15.0 Å². The lowest BCUT2D eigenvalue weighted by molar-refractivity contribution is 1.37. The van der Waals surface area contributed by atoms with Crippen LogP contribution in [-0.4, -0.2) is 4.98 Å². The van der Waals surface area contributed by atoms with Gasteiger partial charge >= 0.3 is 0 Å². The van der Waals surface area contributed by atoms with Crippen molar-refractivity contribution in [3.05, 3.63) is 61.8 Å². The fourth-order valence-electron chi connectivity index (χ4n) is 1.78. The second-order valence-electron chi connectivity index (χ2n) is 4.05. The van der Waals surface area contributed by atoms with Gasteiger partial charge in [-0.15, -0.1) is 11.3 Å². The summed E-state index contributed by atoms with van der Waals surface area (Å²) >= 11 is 11.1. The van der Waals surface area contributed by atoms with Crippen LogP contribution in [0, 0.1) is 0 Å². The van der Waals surface area contributed by atoms with Crippen molar-refractivity contribution in [3.8, 4) is 0 Å². The Morgan fingerprint density at radius 1 is 1.05 bits per heavy atom. The summed E-state index contributed by atoms with van der Waals surface area (Å²) in [6.45, 7) is 0. The van der Waals surface area contributed by atoms with Gasteiger partial charge in [0.2, 0.25) is 0 Å². The summed E-state index contributed by atoms with van der Waals surface area (Å²) in [5.41, 5.74) is 1.85. The van der Waals surface area contributed by atoms with E-state index in [0.717, 1.165) is 20.4 Å². The number of fused-ring (bicyclic) bond motifs is 1. The van der Waals surface area contributed by atoms with E-state index in [2.05, 4.69) is 39.1 Å². The number of hydrogen-bond donors (Lipinski definition) is 0. The molecular weight excluding hydrogens is 342 g/mol. The molecule has 0 saturated carbocycles. The van der Waals surface area contributed by atoms with Gasteiger partial charge in [0, 0.05) is 15.3 Å². The van der Waals surface area contributed by atoms with Gasteiger partial charge in [-0.1, -0.05) is 23.7 Å². The minimum atomic E-state index is 0.711. The normalized spacial score (nSPS) is 11.5.